The van der Waals surface area contributed by atoms with Crippen LogP contribution in [0, 0.1) is 0 Å². The highest BCUT2D eigenvalue weighted by Gasteiger charge is 2.30. The number of rotatable bonds is 4. The zero-order valence-electron chi connectivity index (χ0n) is 13.3. The molecule has 2 aromatic rings. The minimum absolute atomic E-state index is 0.174. The van der Waals surface area contributed by atoms with Crippen LogP contribution in [-0.4, -0.2) is 27.6 Å². The average molecular weight is 372 g/mol. The first-order valence-corrected chi connectivity index (χ1v) is 8.86. The van der Waals surface area contributed by atoms with E-state index in [0.717, 1.165) is 34.8 Å². The van der Waals surface area contributed by atoms with Crippen molar-refractivity contribution in [2.45, 2.75) is 6.18 Å². The van der Waals surface area contributed by atoms with Crippen molar-refractivity contribution < 1.29 is 26.4 Å². The summed E-state index contributed by atoms with van der Waals surface area (Å²) in [6.45, 7) is 0. The van der Waals surface area contributed by atoms with Crippen molar-refractivity contribution in [1.29, 1.82) is 0 Å². The largest absolute Gasteiger partial charge is 0.416 e. The third-order valence-electron chi connectivity index (χ3n) is 3.44. The van der Waals surface area contributed by atoms with Crippen molar-refractivity contribution in [3.63, 3.8) is 0 Å². The van der Waals surface area contributed by atoms with Crippen LogP contribution in [-0.2, 0) is 16.2 Å². The molecule has 0 spiro atoms. The number of nitrogens with zero attached hydrogens (tertiary/aromatic N) is 1. The Kier molecular flexibility index (Phi) is 5.07. The van der Waals surface area contributed by atoms with Gasteiger partial charge in [0.25, 0.3) is 5.91 Å². The number of sulfonamides is 1. The van der Waals surface area contributed by atoms with Gasteiger partial charge in [-0.05, 0) is 42.5 Å². The molecule has 0 unspecified atom stereocenters. The molecule has 0 aliphatic carbocycles. The van der Waals surface area contributed by atoms with Gasteiger partial charge in [-0.3, -0.25) is 9.10 Å². The van der Waals surface area contributed by atoms with E-state index < -0.39 is 27.7 Å². The number of carbonyl (C=O) groups is 1. The first-order valence-electron chi connectivity index (χ1n) is 7.01. The van der Waals surface area contributed by atoms with Crippen molar-refractivity contribution in [1.82, 2.24) is 0 Å². The summed E-state index contributed by atoms with van der Waals surface area (Å²) in [5.74, 6) is -0.566. The molecule has 2 rings (SSSR count). The molecule has 1 N–H and O–H groups in total. The van der Waals surface area contributed by atoms with Gasteiger partial charge < -0.3 is 5.32 Å². The van der Waals surface area contributed by atoms with E-state index in [1.54, 1.807) is 0 Å². The van der Waals surface area contributed by atoms with Gasteiger partial charge in [-0.25, -0.2) is 8.42 Å². The third kappa shape index (κ3) is 4.72. The summed E-state index contributed by atoms with van der Waals surface area (Å²) < 4.78 is 61.7. The van der Waals surface area contributed by atoms with Crippen molar-refractivity contribution >= 4 is 27.3 Å². The minimum Gasteiger partial charge on any atom is -0.322 e. The van der Waals surface area contributed by atoms with Crippen LogP contribution in [0.4, 0.5) is 24.5 Å². The SMILES string of the molecule is CN(c1cccc(C(=O)Nc2ccc(C(F)(F)F)cc2)c1)S(C)(=O)=O. The smallest absolute Gasteiger partial charge is 0.322 e. The van der Waals surface area contributed by atoms with Crippen molar-refractivity contribution in [3.05, 3.63) is 59.7 Å². The first kappa shape index (κ1) is 18.8. The van der Waals surface area contributed by atoms with Gasteiger partial charge in [0.1, 0.15) is 0 Å². The van der Waals surface area contributed by atoms with E-state index in [2.05, 4.69) is 5.32 Å². The molecule has 9 heteroatoms. The molecule has 0 bridgehead atoms. The van der Waals surface area contributed by atoms with Gasteiger partial charge in [0, 0.05) is 18.3 Å². The second-order valence-electron chi connectivity index (χ2n) is 5.31. The minimum atomic E-state index is -4.45. The fourth-order valence-corrected chi connectivity index (χ4v) is 2.48. The summed E-state index contributed by atoms with van der Waals surface area (Å²) >= 11 is 0. The number of anilines is 2. The maximum Gasteiger partial charge on any atom is 0.416 e. The Labute approximate surface area is 143 Å². The molecule has 2 aromatic carbocycles. The lowest BCUT2D eigenvalue weighted by molar-refractivity contribution is -0.137. The van der Waals surface area contributed by atoms with Gasteiger partial charge >= 0.3 is 6.18 Å². The Balaban J connectivity index is 2.19. The molecule has 5 nitrogen and oxygen atoms in total. The van der Waals surface area contributed by atoms with Crippen LogP contribution in [0.2, 0.25) is 0 Å². The molecule has 1 amide bonds. The van der Waals surface area contributed by atoms with Crippen LogP contribution < -0.4 is 9.62 Å². The highest BCUT2D eigenvalue weighted by molar-refractivity contribution is 7.92. The Morgan fingerprint density at radius 1 is 1.08 bits per heavy atom. The molecular weight excluding hydrogens is 357 g/mol. The van der Waals surface area contributed by atoms with E-state index in [1.165, 1.54) is 31.3 Å². The topological polar surface area (TPSA) is 66.5 Å². The molecule has 0 radical (unpaired) electrons. The van der Waals surface area contributed by atoms with Gasteiger partial charge in [0.2, 0.25) is 10.0 Å². The summed E-state index contributed by atoms with van der Waals surface area (Å²) in [7, 11) is -2.13. The number of halogens is 3. The molecule has 134 valence electrons. The number of benzene rings is 2. The van der Waals surface area contributed by atoms with Gasteiger partial charge in [-0.1, -0.05) is 6.07 Å². The Morgan fingerprint density at radius 2 is 1.68 bits per heavy atom. The Bertz CT molecular complexity index is 878. The monoisotopic (exact) mass is 372 g/mol. The normalized spacial score (nSPS) is 11.9. The van der Waals surface area contributed by atoms with E-state index in [4.69, 9.17) is 0 Å². The zero-order valence-corrected chi connectivity index (χ0v) is 14.1. The van der Waals surface area contributed by atoms with Gasteiger partial charge in [0.15, 0.2) is 0 Å². The highest BCUT2D eigenvalue weighted by atomic mass is 32.2. The summed E-state index contributed by atoms with van der Waals surface area (Å²) in [6.07, 6.45) is -3.42. The molecule has 0 saturated heterocycles. The van der Waals surface area contributed by atoms with E-state index in [0.29, 0.717) is 5.69 Å². The van der Waals surface area contributed by atoms with Crippen molar-refractivity contribution in [3.8, 4) is 0 Å². The zero-order chi connectivity index (χ0) is 18.8. The molecule has 0 aliphatic rings. The molecule has 0 aromatic heterocycles. The van der Waals surface area contributed by atoms with Crippen molar-refractivity contribution in [2.75, 3.05) is 22.9 Å². The highest BCUT2D eigenvalue weighted by Crippen LogP contribution is 2.30. The molecule has 0 heterocycles. The lowest BCUT2D eigenvalue weighted by Gasteiger charge is -2.17. The van der Waals surface area contributed by atoms with Crippen LogP contribution in [0.1, 0.15) is 15.9 Å². The van der Waals surface area contributed by atoms with Crippen molar-refractivity contribution in [2.24, 2.45) is 0 Å². The second-order valence-corrected chi connectivity index (χ2v) is 7.32. The molecule has 25 heavy (non-hydrogen) atoms. The van der Waals surface area contributed by atoms with Crippen LogP contribution in [0.25, 0.3) is 0 Å². The lowest BCUT2D eigenvalue weighted by Crippen LogP contribution is -2.25. The maximum absolute atomic E-state index is 12.5. The summed E-state index contributed by atoms with van der Waals surface area (Å²) in [6, 6.07) is 9.90. The van der Waals surface area contributed by atoms with Crippen LogP contribution in [0.5, 0.6) is 0 Å². The quantitative estimate of drug-likeness (QED) is 0.895. The van der Waals surface area contributed by atoms with Gasteiger partial charge in [-0.15, -0.1) is 0 Å². The molecule has 0 aliphatic heterocycles. The van der Waals surface area contributed by atoms with E-state index in [1.807, 2.05) is 0 Å². The van der Waals surface area contributed by atoms with Crippen LogP contribution >= 0.6 is 0 Å². The predicted molar refractivity (Wildman–Crippen MR) is 89.1 cm³/mol. The van der Waals surface area contributed by atoms with Gasteiger partial charge in [-0.2, -0.15) is 13.2 Å². The summed E-state index contributed by atoms with van der Waals surface area (Å²) in [4.78, 5) is 12.2. The number of alkyl halides is 3. The second kappa shape index (κ2) is 6.75. The third-order valence-corrected chi connectivity index (χ3v) is 4.65. The maximum atomic E-state index is 12.5. The van der Waals surface area contributed by atoms with Crippen LogP contribution in [0.3, 0.4) is 0 Å². The Hall–Kier alpha value is -2.55. The average Bonchev–Trinajstić information content (AvgIpc) is 2.53. The molecular formula is C16H15F3N2O3S. The fourth-order valence-electron chi connectivity index (χ4n) is 1.98. The fraction of sp³-hybridized carbons (Fsp3) is 0.188. The van der Waals surface area contributed by atoms with Crippen LogP contribution in [0.15, 0.2) is 48.5 Å². The number of amides is 1. The lowest BCUT2D eigenvalue weighted by atomic mass is 10.1. The van der Waals surface area contributed by atoms with E-state index in [9.17, 15) is 26.4 Å². The molecule has 0 saturated carbocycles. The summed E-state index contributed by atoms with van der Waals surface area (Å²) in [5, 5.41) is 2.47. The molecule has 0 fully saturated rings. The predicted octanol–water partition coefficient (Wildman–Crippen LogP) is 3.35. The van der Waals surface area contributed by atoms with E-state index in [-0.39, 0.29) is 11.3 Å². The summed E-state index contributed by atoms with van der Waals surface area (Å²) in [5.41, 5.74) is -0.155. The Morgan fingerprint density at radius 3 is 2.20 bits per heavy atom. The standard InChI is InChI=1S/C16H15F3N2O3S/c1-21(25(2,23)24)14-5-3-4-11(10-14)15(22)20-13-8-6-12(7-9-13)16(17,18)19/h3-10H,1-2H3,(H,20,22). The number of hydrogen-bond acceptors (Lipinski definition) is 3. The number of nitrogens with one attached hydrogen (secondary N) is 1. The molecule has 0 atom stereocenters. The van der Waals surface area contributed by atoms with E-state index >= 15 is 0 Å². The number of hydrogen-bond donors (Lipinski definition) is 1. The number of carbonyl (C=O) groups excluding carboxylic acids is 1. The van der Waals surface area contributed by atoms with Gasteiger partial charge in [0.05, 0.1) is 17.5 Å². The first-order chi connectivity index (χ1) is 11.5.